The number of benzene rings is 1. The zero-order chi connectivity index (χ0) is 24.7. The summed E-state index contributed by atoms with van der Waals surface area (Å²) in [6, 6.07) is 3.07. The molecule has 1 aromatic carbocycles. The molecule has 0 heterocycles. The van der Waals surface area contributed by atoms with E-state index in [4.69, 9.17) is 18.9 Å². The number of carbonyl (C=O) groups excluding carboxylic acids is 1. The van der Waals surface area contributed by atoms with Gasteiger partial charge in [-0.05, 0) is 19.8 Å². The van der Waals surface area contributed by atoms with E-state index in [0.29, 0.717) is 16.5 Å². The summed E-state index contributed by atoms with van der Waals surface area (Å²) in [5, 5.41) is 0. The second-order valence-electron chi connectivity index (χ2n) is 7.79. The van der Waals surface area contributed by atoms with E-state index in [0.717, 1.165) is 19.3 Å². The van der Waals surface area contributed by atoms with Crippen molar-refractivity contribution in [3.63, 3.8) is 0 Å². The van der Waals surface area contributed by atoms with Gasteiger partial charge in [-0.25, -0.2) is 0 Å². The van der Waals surface area contributed by atoms with E-state index in [-0.39, 0.29) is 29.0 Å². The molecule has 1 unspecified atom stereocenters. The van der Waals surface area contributed by atoms with Crippen LogP contribution in [0, 0.1) is 0 Å². The number of hydrogen-bond acceptors (Lipinski definition) is 8. The molecule has 190 valence electrons. The van der Waals surface area contributed by atoms with Crippen LogP contribution in [0.3, 0.4) is 0 Å². The van der Waals surface area contributed by atoms with Crippen molar-refractivity contribution in [3.05, 3.63) is 12.1 Å². The highest BCUT2D eigenvalue weighted by Gasteiger charge is 2.22. The van der Waals surface area contributed by atoms with E-state index in [2.05, 4.69) is 11.6 Å². The van der Waals surface area contributed by atoms with Crippen LogP contribution >= 0.6 is 10.8 Å². The van der Waals surface area contributed by atoms with Crippen molar-refractivity contribution in [1.29, 1.82) is 0 Å². The Morgan fingerprint density at radius 1 is 0.939 bits per heavy atom. The summed E-state index contributed by atoms with van der Waals surface area (Å²) in [6.07, 6.45) is 10.2. The van der Waals surface area contributed by atoms with Gasteiger partial charge in [-0.3, -0.25) is 9.52 Å². The van der Waals surface area contributed by atoms with Crippen LogP contribution in [-0.4, -0.2) is 47.6 Å². The van der Waals surface area contributed by atoms with Gasteiger partial charge in [0.1, 0.15) is 28.7 Å². The molecule has 0 spiro atoms. The molecule has 8 nitrogen and oxygen atoms in total. The zero-order valence-corrected chi connectivity index (χ0v) is 22.1. The summed E-state index contributed by atoms with van der Waals surface area (Å²) in [6.45, 7) is 4.05. The first-order valence-electron chi connectivity index (χ1n) is 11.4. The molecule has 1 atom stereocenters. The van der Waals surface area contributed by atoms with Gasteiger partial charge in [-0.15, -0.1) is 0 Å². The lowest BCUT2D eigenvalue weighted by Crippen LogP contribution is -2.19. The van der Waals surface area contributed by atoms with Gasteiger partial charge in [-0.1, -0.05) is 51.9 Å². The molecule has 0 saturated heterocycles. The molecule has 1 aromatic rings. The average molecular weight is 506 g/mol. The maximum absolute atomic E-state index is 12.5. The highest BCUT2D eigenvalue weighted by atomic mass is 33.1. The number of ether oxygens (including phenoxy) is 4. The number of anilines is 1. The third-order valence-corrected chi connectivity index (χ3v) is 7.72. The Balaban J connectivity index is 2.45. The van der Waals surface area contributed by atoms with Crippen molar-refractivity contribution in [2.45, 2.75) is 77.7 Å². The lowest BCUT2D eigenvalue weighted by Gasteiger charge is -2.16. The molecule has 0 aliphatic rings. The Labute approximate surface area is 202 Å². The number of rotatable bonds is 18. The average Bonchev–Trinajstić information content (AvgIpc) is 2.79. The number of esters is 1. The summed E-state index contributed by atoms with van der Waals surface area (Å²) in [4.78, 5) is 12.1. The van der Waals surface area contributed by atoms with E-state index in [9.17, 15) is 13.2 Å². The van der Waals surface area contributed by atoms with Crippen molar-refractivity contribution < 1.29 is 32.2 Å². The maximum atomic E-state index is 12.5. The predicted molar refractivity (Wildman–Crippen MR) is 134 cm³/mol. The van der Waals surface area contributed by atoms with E-state index >= 15 is 0 Å². The number of carbonyl (C=O) groups is 1. The quantitative estimate of drug-likeness (QED) is 0.157. The minimum Gasteiger partial charge on any atom is -0.496 e. The zero-order valence-electron chi connectivity index (χ0n) is 20.5. The molecule has 0 aromatic heterocycles. The lowest BCUT2D eigenvalue weighted by atomic mass is 10.1. The molecule has 1 rings (SSSR count). The minimum atomic E-state index is -3.92. The second kappa shape index (κ2) is 15.9. The standard InChI is InChI=1S/C23H39NO7S2/c1-6-7-8-9-10-11-12-13-14-18(2)31-22(25)17-32-33(26,27)24-23-20(29-4)15-19(28-3)16-21(23)30-5/h15-16,18,24H,6-14,17H2,1-5H3. The van der Waals surface area contributed by atoms with E-state index in [1.807, 2.05) is 6.92 Å². The summed E-state index contributed by atoms with van der Waals surface area (Å²) in [7, 11) is 0.834. The molecule has 0 radical (unpaired) electrons. The maximum Gasteiger partial charge on any atom is 0.317 e. The van der Waals surface area contributed by atoms with Gasteiger partial charge in [0.2, 0.25) is 0 Å². The van der Waals surface area contributed by atoms with E-state index in [1.165, 1.54) is 72.0 Å². The largest absolute Gasteiger partial charge is 0.496 e. The van der Waals surface area contributed by atoms with Gasteiger partial charge in [-0.2, -0.15) is 8.42 Å². The summed E-state index contributed by atoms with van der Waals surface area (Å²) < 4.78 is 48.5. The van der Waals surface area contributed by atoms with Crippen molar-refractivity contribution in [2.24, 2.45) is 0 Å². The predicted octanol–water partition coefficient (Wildman–Crippen LogP) is 5.56. The summed E-state index contributed by atoms with van der Waals surface area (Å²) in [5.41, 5.74) is 0.129. The first-order chi connectivity index (χ1) is 15.8. The normalized spacial score (nSPS) is 12.2. The van der Waals surface area contributed by atoms with Gasteiger partial charge in [0.15, 0.2) is 0 Å². The van der Waals surface area contributed by atoms with Gasteiger partial charge in [0, 0.05) is 22.9 Å². The molecule has 0 bridgehead atoms. The van der Waals surface area contributed by atoms with Crippen LogP contribution in [-0.2, 0) is 18.6 Å². The molecule has 0 amide bonds. The van der Waals surface area contributed by atoms with Crippen LogP contribution in [0.1, 0.15) is 71.6 Å². The third kappa shape index (κ3) is 11.7. The van der Waals surface area contributed by atoms with Gasteiger partial charge < -0.3 is 18.9 Å². The van der Waals surface area contributed by atoms with Crippen LogP contribution in [0.4, 0.5) is 5.69 Å². The summed E-state index contributed by atoms with van der Waals surface area (Å²) >= 11 is 0. The molecular weight excluding hydrogens is 466 g/mol. The Morgan fingerprint density at radius 3 is 2.00 bits per heavy atom. The van der Waals surface area contributed by atoms with Crippen LogP contribution in [0.2, 0.25) is 0 Å². The number of hydrogen-bond donors (Lipinski definition) is 1. The van der Waals surface area contributed by atoms with Gasteiger partial charge in [0.05, 0.1) is 27.4 Å². The fraction of sp³-hybridized carbons (Fsp3) is 0.696. The lowest BCUT2D eigenvalue weighted by molar-refractivity contribution is -0.145. The Kier molecular flexibility index (Phi) is 14.1. The van der Waals surface area contributed by atoms with Crippen molar-refractivity contribution in [3.8, 4) is 17.2 Å². The number of nitrogens with one attached hydrogen (secondary N) is 1. The topological polar surface area (TPSA) is 100 Å². The Bertz CT molecular complexity index is 790. The van der Waals surface area contributed by atoms with Crippen LogP contribution in [0.5, 0.6) is 17.2 Å². The minimum absolute atomic E-state index is 0.129. The van der Waals surface area contributed by atoms with Gasteiger partial charge in [0.25, 0.3) is 9.06 Å². The monoisotopic (exact) mass is 505 g/mol. The Morgan fingerprint density at radius 2 is 1.48 bits per heavy atom. The molecule has 0 aliphatic carbocycles. The summed E-state index contributed by atoms with van der Waals surface area (Å²) in [5.74, 6) is 0.0334. The highest BCUT2D eigenvalue weighted by molar-refractivity contribution is 8.72. The van der Waals surface area contributed by atoms with Crippen molar-refractivity contribution in [1.82, 2.24) is 0 Å². The van der Waals surface area contributed by atoms with E-state index < -0.39 is 15.0 Å². The van der Waals surface area contributed by atoms with Crippen molar-refractivity contribution in [2.75, 3.05) is 31.8 Å². The van der Waals surface area contributed by atoms with Crippen LogP contribution < -0.4 is 18.9 Å². The van der Waals surface area contributed by atoms with Gasteiger partial charge >= 0.3 is 5.97 Å². The molecule has 0 fully saturated rings. The first-order valence-corrected chi connectivity index (χ1v) is 14.4. The fourth-order valence-electron chi connectivity index (χ4n) is 3.27. The first kappa shape index (κ1) is 29.2. The third-order valence-electron chi connectivity index (χ3n) is 5.07. The SMILES string of the molecule is CCCCCCCCCCC(C)OC(=O)CSS(=O)(=O)Nc1c(OC)cc(OC)cc1OC. The van der Waals surface area contributed by atoms with Crippen molar-refractivity contribution >= 4 is 31.5 Å². The van der Waals surface area contributed by atoms with Crippen LogP contribution in [0.15, 0.2) is 12.1 Å². The molecule has 33 heavy (non-hydrogen) atoms. The molecule has 1 N–H and O–H groups in total. The second-order valence-corrected chi connectivity index (χ2v) is 11.4. The smallest absolute Gasteiger partial charge is 0.317 e. The molecule has 10 heteroatoms. The van der Waals surface area contributed by atoms with Crippen LogP contribution in [0.25, 0.3) is 0 Å². The van der Waals surface area contributed by atoms with E-state index in [1.54, 1.807) is 0 Å². The fourth-order valence-corrected chi connectivity index (χ4v) is 5.28. The number of unbranched alkanes of at least 4 members (excludes halogenated alkanes) is 7. The Hall–Kier alpha value is -1.81. The molecule has 0 aliphatic heterocycles. The highest BCUT2D eigenvalue weighted by Crippen LogP contribution is 2.40. The molecular formula is C23H39NO7S2. The molecule has 0 saturated carbocycles. The number of methoxy groups -OCH3 is 3.